The molecule has 0 spiro atoms. The second-order valence-electron chi connectivity index (χ2n) is 12.9. The molecule has 49 heavy (non-hydrogen) atoms. The van der Waals surface area contributed by atoms with Crippen molar-refractivity contribution in [2.24, 2.45) is 0 Å². The Balaban J connectivity index is 1.20. The van der Waals surface area contributed by atoms with E-state index in [0.29, 0.717) is 0 Å². The number of hydrogen-bond acceptors (Lipinski definition) is 2. The Kier molecular flexibility index (Phi) is 5.38. The Morgan fingerprint density at radius 3 is 1.71 bits per heavy atom. The fourth-order valence-corrected chi connectivity index (χ4v) is 8.15. The third-order valence-electron chi connectivity index (χ3n) is 10.2. The second-order valence-corrected chi connectivity index (χ2v) is 12.9. The van der Waals surface area contributed by atoms with E-state index in [1.165, 1.54) is 60.0 Å². The number of aromatic nitrogens is 1. The smallest absolute Gasteiger partial charge is 0.136 e. The van der Waals surface area contributed by atoms with E-state index in [1.54, 1.807) is 0 Å². The maximum absolute atomic E-state index is 6.33. The molecule has 3 aromatic heterocycles. The maximum atomic E-state index is 6.33. The molecule has 11 rings (SSSR count). The minimum atomic E-state index is 0.853. The first kappa shape index (κ1) is 26.5. The van der Waals surface area contributed by atoms with Crippen LogP contribution in [0.5, 0.6) is 0 Å². The molecule has 0 aliphatic heterocycles. The molecule has 0 atom stereocenters. The van der Waals surface area contributed by atoms with E-state index in [1.807, 2.05) is 24.5 Å². The molecule has 0 amide bonds. The van der Waals surface area contributed by atoms with Gasteiger partial charge in [-0.1, -0.05) is 109 Å². The van der Waals surface area contributed by atoms with Gasteiger partial charge < -0.3 is 13.4 Å². The Bertz CT molecular complexity index is 3050. The normalized spacial score (nSPS) is 12.1. The summed E-state index contributed by atoms with van der Waals surface area (Å²) in [7, 11) is 0. The van der Waals surface area contributed by atoms with Crippen molar-refractivity contribution in [2.45, 2.75) is 0 Å². The molecular formula is C46H27NO2. The molecular weight excluding hydrogens is 599 g/mol. The lowest BCUT2D eigenvalue weighted by Crippen LogP contribution is -1.93. The zero-order valence-electron chi connectivity index (χ0n) is 26.4. The van der Waals surface area contributed by atoms with Crippen molar-refractivity contribution in [3.63, 3.8) is 0 Å². The minimum Gasteiger partial charge on any atom is -0.464 e. The van der Waals surface area contributed by atoms with Crippen LogP contribution in [0.2, 0.25) is 0 Å². The number of benzene rings is 8. The summed E-state index contributed by atoms with van der Waals surface area (Å²) in [5.74, 6) is 0. The average Bonchev–Trinajstić information content (AvgIpc) is 3.84. The minimum absolute atomic E-state index is 0.853. The van der Waals surface area contributed by atoms with Crippen molar-refractivity contribution < 1.29 is 8.83 Å². The van der Waals surface area contributed by atoms with Gasteiger partial charge in [0.1, 0.15) is 16.7 Å². The first-order chi connectivity index (χ1) is 24.3. The fraction of sp³-hybridized carbons (Fsp3) is 0. The van der Waals surface area contributed by atoms with E-state index >= 15 is 0 Å². The number of nitrogens with zero attached hydrogens (tertiary/aromatic N) is 1. The number of fused-ring (bicyclic) bond motifs is 9. The largest absolute Gasteiger partial charge is 0.464 e. The average molecular weight is 626 g/mol. The SMILES string of the molecule is c1ccc(-n2c3ccccc3c3cc(-c4c5ccccc5c(-c5coc6cc7c(cc56)oc5ccccc57)c5ccccc45)ccc32)cc1. The number of rotatable bonds is 3. The molecule has 228 valence electrons. The molecule has 11 aromatic rings. The van der Waals surface area contributed by atoms with Crippen LogP contribution in [0.4, 0.5) is 0 Å². The predicted molar refractivity (Wildman–Crippen MR) is 204 cm³/mol. The summed E-state index contributed by atoms with van der Waals surface area (Å²) in [4.78, 5) is 0. The van der Waals surface area contributed by atoms with Crippen LogP contribution in [-0.2, 0) is 0 Å². The maximum Gasteiger partial charge on any atom is 0.136 e. The summed E-state index contributed by atoms with van der Waals surface area (Å²) in [5.41, 5.74) is 10.8. The van der Waals surface area contributed by atoms with Crippen molar-refractivity contribution in [3.8, 4) is 27.9 Å². The van der Waals surface area contributed by atoms with E-state index in [2.05, 4.69) is 144 Å². The van der Waals surface area contributed by atoms with Crippen LogP contribution < -0.4 is 0 Å². The summed E-state index contributed by atoms with van der Waals surface area (Å²) in [6.45, 7) is 0. The van der Waals surface area contributed by atoms with Crippen LogP contribution >= 0.6 is 0 Å². The Hall–Kier alpha value is -6.58. The molecule has 0 N–H and O–H groups in total. The quantitative estimate of drug-likeness (QED) is 0.183. The first-order valence-corrected chi connectivity index (χ1v) is 16.7. The lowest BCUT2D eigenvalue weighted by molar-refractivity contribution is 0.617. The van der Waals surface area contributed by atoms with Gasteiger partial charge in [0, 0.05) is 43.7 Å². The number of para-hydroxylation sites is 3. The van der Waals surface area contributed by atoms with Crippen LogP contribution in [0.25, 0.3) is 104 Å². The highest BCUT2D eigenvalue weighted by molar-refractivity contribution is 6.25. The summed E-state index contributed by atoms with van der Waals surface area (Å²) >= 11 is 0. The second kappa shape index (κ2) is 9.96. The molecule has 0 fully saturated rings. The molecule has 0 aliphatic carbocycles. The third kappa shape index (κ3) is 3.73. The van der Waals surface area contributed by atoms with Crippen molar-refractivity contribution in [3.05, 3.63) is 164 Å². The van der Waals surface area contributed by atoms with Crippen molar-refractivity contribution in [1.29, 1.82) is 0 Å². The standard InChI is InChI=1S/C46H27NO2/c1-2-12-29(13-3-1)47-40-20-10-8-14-30(40)36-24-28(22-23-41(36)47)45-32-16-4-6-18-34(32)46(35-19-7-5-17-33(35)45)39-27-48-43-25-37-31-15-9-11-21-42(31)49-44(37)26-38(39)43/h1-27H. The Labute approximate surface area is 280 Å². The fourth-order valence-electron chi connectivity index (χ4n) is 8.15. The molecule has 0 radical (unpaired) electrons. The van der Waals surface area contributed by atoms with E-state index < -0.39 is 0 Å². The first-order valence-electron chi connectivity index (χ1n) is 16.7. The van der Waals surface area contributed by atoms with Gasteiger partial charge in [-0.15, -0.1) is 0 Å². The van der Waals surface area contributed by atoms with Gasteiger partial charge in [0.25, 0.3) is 0 Å². The molecule has 0 aliphatic rings. The van der Waals surface area contributed by atoms with Gasteiger partial charge in [-0.05, 0) is 81.2 Å². The van der Waals surface area contributed by atoms with E-state index in [0.717, 1.165) is 44.2 Å². The molecule has 8 aromatic carbocycles. The molecule has 3 heteroatoms. The number of furan rings is 2. The van der Waals surface area contributed by atoms with Crippen LogP contribution in [0.15, 0.2) is 173 Å². The zero-order valence-corrected chi connectivity index (χ0v) is 26.4. The monoisotopic (exact) mass is 625 g/mol. The lowest BCUT2D eigenvalue weighted by atomic mass is 9.85. The van der Waals surface area contributed by atoms with E-state index in [-0.39, 0.29) is 0 Å². The topological polar surface area (TPSA) is 31.2 Å². The van der Waals surface area contributed by atoms with Gasteiger partial charge >= 0.3 is 0 Å². The van der Waals surface area contributed by atoms with E-state index in [9.17, 15) is 0 Å². The molecule has 0 saturated carbocycles. The highest BCUT2D eigenvalue weighted by Gasteiger charge is 2.21. The van der Waals surface area contributed by atoms with E-state index in [4.69, 9.17) is 8.83 Å². The van der Waals surface area contributed by atoms with Crippen molar-refractivity contribution in [2.75, 3.05) is 0 Å². The van der Waals surface area contributed by atoms with Crippen LogP contribution in [0.3, 0.4) is 0 Å². The van der Waals surface area contributed by atoms with Crippen LogP contribution in [0.1, 0.15) is 0 Å². The van der Waals surface area contributed by atoms with Crippen LogP contribution in [0, 0.1) is 0 Å². The Morgan fingerprint density at radius 1 is 0.367 bits per heavy atom. The van der Waals surface area contributed by atoms with Gasteiger partial charge in [-0.3, -0.25) is 0 Å². The molecule has 3 heterocycles. The zero-order chi connectivity index (χ0) is 32.1. The molecule has 3 nitrogen and oxygen atoms in total. The summed E-state index contributed by atoms with van der Waals surface area (Å²) < 4.78 is 15.0. The molecule has 0 bridgehead atoms. The summed E-state index contributed by atoms with van der Waals surface area (Å²) in [6.07, 6.45) is 1.92. The van der Waals surface area contributed by atoms with Gasteiger partial charge in [0.15, 0.2) is 0 Å². The summed E-state index contributed by atoms with van der Waals surface area (Å²) in [5, 5.41) is 10.5. The highest BCUT2D eigenvalue weighted by Crippen LogP contribution is 2.47. The molecule has 0 saturated heterocycles. The highest BCUT2D eigenvalue weighted by atomic mass is 16.3. The third-order valence-corrected chi connectivity index (χ3v) is 10.2. The van der Waals surface area contributed by atoms with Gasteiger partial charge in [0.2, 0.25) is 0 Å². The van der Waals surface area contributed by atoms with Gasteiger partial charge in [-0.25, -0.2) is 0 Å². The summed E-state index contributed by atoms with van der Waals surface area (Å²) in [6, 6.07) is 56.4. The Morgan fingerprint density at radius 2 is 0.959 bits per heavy atom. The van der Waals surface area contributed by atoms with Gasteiger partial charge in [0.05, 0.1) is 17.3 Å². The lowest BCUT2D eigenvalue weighted by Gasteiger charge is -2.17. The van der Waals surface area contributed by atoms with Crippen LogP contribution in [-0.4, -0.2) is 4.57 Å². The predicted octanol–water partition coefficient (Wildman–Crippen LogP) is 13.1. The number of hydrogen-bond donors (Lipinski definition) is 0. The van der Waals surface area contributed by atoms with Gasteiger partial charge in [-0.2, -0.15) is 0 Å². The van der Waals surface area contributed by atoms with Crippen molar-refractivity contribution in [1.82, 2.24) is 4.57 Å². The molecule has 0 unspecified atom stereocenters. The van der Waals surface area contributed by atoms with Crippen molar-refractivity contribution >= 4 is 76.3 Å².